The molecule has 2 aromatic rings. The van der Waals surface area contributed by atoms with E-state index >= 15 is 0 Å². The Morgan fingerprint density at radius 1 is 1.21 bits per heavy atom. The predicted molar refractivity (Wildman–Crippen MR) is 118 cm³/mol. The Kier molecular flexibility index (Phi) is 8.10. The van der Waals surface area contributed by atoms with Crippen LogP contribution in [0.3, 0.4) is 0 Å². The zero-order valence-corrected chi connectivity index (χ0v) is 18.1. The highest BCUT2D eigenvalue weighted by molar-refractivity contribution is 6.30. The largest absolute Gasteiger partial charge is 0.374 e. The Balaban J connectivity index is 1.63. The Labute approximate surface area is 179 Å². The summed E-state index contributed by atoms with van der Waals surface area (Å²) in [6.45, 7) is 8.98. The van der Waals surface area contributed by atoms with Crippen LogP contribution in [0.4, 0.5) is 0 Å². The minimum absolute atomic E-state index is 0.0164. The van der Waals surface area contributed by atoms with Gasteiger partial charge in [-0.1, -0.05) is 55.8 Å². The third kappa shape index (κ3) is 6.84. The number of hydrogen-bond acceptors (Lipinski definition) is 3. The van der Waals surface area contributed by atoms with Gasteiger partial charge in [-0.2, -0.15) is 0 Å². The third-order valence-corrected chi connectivity index (χ3v) is 5.46. The Morgan fingerprint density at radius 3 is 2.72 bits per heavy atom. The van der Waals surface area contributed by atoms with Crippen LogP contribution in [0.5, 0.6) is 0 Å². The molecule has 0 saturated carbocycles. The number of amides is 1. The quantitative estimate of drug-likeness (QED) is 0.626. The zero-order valence-electron chi connectivity index (χ0n) is 17.4. The van der Waals surface area contributed by atoms with E-state index in [9.17, 15) is 4.79 Å². The number of halogens is 1. The van der Waals surface area contributed by atoms with Crippen molar-refractivity contribution in [3.63, 3.8) is 0 Å². The molecule has 1 aliphatic heterocycles. The van der Waals surface area contributed by atoms with Crippen molar-refractivity contribution < 1.29 is 9.53 Å². The van der Waals surface area contributed by atoms with E-state index in [1.807, 2.05) is 53.4 Å². The van der Waals surface area contributed by atoms with Crippen LogP contribution in [-0.4, -0.2) is 54.6 Å². The van der Waals surface area contributed by atoms with E-state index in [1.54, 1.807) is 0 Å². The highest BCUT2D eigenvalue weighted by Crippen LogP contribution is 2.17. The lowest BCUT2D eigenvalue weighted by Gasteiger charge is -2.36. The second-order valence-corrected chi connectivity index (χ2v) is 8.59. The molecular formula is C24H31ClN2O2. The average Bonchev–Trinajstić information content (AvgIpc) is 2.71. The van der Waals surface area contributed by atoms with Crippen molar-refractivity contribution in [3.8, 4) is 0 Å². The molecule has 1 atom stereocenters. The molecule has 4 nitrogen and oxygen atoms in total. The van der Waals surface area contributed by atoms with Gasteiger partial charge in [0.05, 0.1) is 12.7 Å². The molecule has 0 spiro atoms. The molecule has 1 unspecified atom stereocenters. The van der Waals surface area contributed by atoms with E-state index in [4.69, 9.17) is 16.3 Å². The first-order chi connectivity index (χ1) is 14.0. The van der Waals surface area contributed by atoms with E-state index in [2.05, 4.69) is 24.8 Å². The molecule has 1 heterocycles. The molecule has 1 fully saturated rings. The van der Waals surface area contributed by atoms with Crippen molar-refractivity contribution in [1.82, 2.24) is 9.80 Å². The van der Waals surface area contributed by atoms with Crippen molar-refractivity contribution in [3.05, 3.63) is 70.7 Å². The Bertz CT molecular complexity index is 781. The summed E-state index contributed by atoms with van der Waals surface area (Å²) in [5.41, 5.74) is 1.94. The lowest BCUT2D eigenvalue weighted by Crippen LogP contribution is -2.48. The van der Waals surface area contributed by atoms with E-state index in [1.165, 1.54) is 5.56 Å². The Morgan fingerprint density at radius 2 is 2.00 bits per heavy atom. The summed E-state index contributed by atoms with van der Waals surface area (Å²) in [5.74, 6) is 0.634. The van der Waals surface area contributed by atoms with E-state index in [-0.39, 0.29) is 12.0 Å². The van der Waals surface area contributed by atoms with Crippen LogP contribution in [0.25, 0.3) is 0 Å². The number of benzene rings is 2. The topological polar surface area (TPSA) is 32.8 Å². The molecular weight excluding hydrogens is 384 g/mol. The van der Waals surface area contributed by atoms with E-state index in [0.717, 1.165) is 43.2 Å². The second kappa shape index (κ2) is 10.8. The van der Waals surface area contributed by atoms with Crippen molar-refractivity contribution in [2.75, 3.05) is 32.8 Å². The summed E-state index contributed by atoms with van der Waals surface area (Å²) in [4.78, 5) is 17.4. The summed E-state index contributed by atoms with van der Waals surface area (Å²) in [6.07, 6.45) is 1.00. The van der Waals surface area contributed by atoms with Gasteiger partial charge in [0.15, 0.2) is 0 Å². The molecule has 1 saturated heterocycles. The van der Waals surface area contributed by atoms with Crippen molar-refractivity contribution in [2.45, 2.75) is 32.9 Å². The number of carbonyl (C=O) groups excluding carboxylic acids is 1. The van der Waals surface area contributed by atoms with Crippen molar-refractivity contribution >= 4 is 17.5 Å². The van der Waals surface area contributed by atoms with Gasteiger partial charge in [-0.3, -0.25) is 9.69 Å². The van der Waals surface area contributed by atoms with Gasteiger partial charge in [0.25, 0.3) is 5.91 Å². The Hall–Kier alpha value is -1.88. The van der Waals surface area contributed by atoms with Crippen molar-refractivity contribution in [2.24, 2.45) is 5.92 Å². The molecule has 156 valence electrons. The summed E-state index contributed by atoms with van der Waals surface area (Å²) < 4.78 is 6.03. The summed E-state index contributed by atoms with van der Waals surface area (Å²) in [7, 11) is 0. The first kappa shape index (κ1) is 21.8. The summed E-state index contributed by atoms with van der Waals surface area (Å²) >= 11 is 6.13. The average molecular weight is 415 g/mol. The molecule has 1 aliphatic rings. The summed E-state index contributed by atoms with van der Waals surface area (Å²) in [5, 5.41) is 0.764. The van der Waals surface area contributed by atoms with Gasteiger partial charge in [0.2, 0.25) is 0 Å². The molecule has 3 rings (SSSR count). The van der Waals surface area contributed by atoms with Gasteiger partial charge in [-0.15, -0.1) is 0 Å². The molecule has 5 heteroatoms. The monoisotopic (exact) mass is 414 g/mol. The van der Waals surface area contributed by atoms with Crippen molar-refractivity contribution in [1.29, 1.82) is 0 Å². The number of hydrogen-bond donors (Lipinski definition) is 0. The molecule has 0 radical (unpaired) electrons. The van der Waals surface area contributed by atoms with Crippen LogP contribution in [0.2, 0.25) is 5.02 Å². The maximum atomic E-state index is 13.1. The number of carbonyl (C=O) groups is 1. The molecule has 0 bridgehead atoms. The fraction of sp³-hybridized carbons (Fsp3) is 0.458. The lowest BCUT2D eigenvalue weighted by atomic mass is 10.1. The molecule has 0 aromatic heterocycles. The van der Waals surface area contributed by atoms with E-state index < -0.39 is 0 Å². The SMILES string of the molecule is CC(C)CCN(CC1CN(Cc2cccc(Cl)c2)CCO1)C(=O)c1ccccc1. The highest BCUT2D eigenvalue weighted by atomic mass is 35.5. The maximum absolute atomic E-state index is 13.1. The van der Waals surface area contributed by atoms with Gasteiger partial charge in [-0.05, 0) is 42.2 Å². The maximum Gasteiger partial charge on any atom is 0.253 e. The second-order valence-electron chi connectivity index (χ2n) is 8.16. The lowest BCUT2D eigenvalue weighted by molar-refractivity contribution is -0.0432. The fourth-order valence-electron chi connectivity index (χ4n) is 3.63. The standard InChI is InChI=1S/C24H31ClN2O2/c1-19(2)11-12-27(24(28)21-8-4-3-5-9-21)18-23-17-26(13-14-29-23)16-20-7-6-10-22(25)15-20/h3-10,15,19,23H,11-14,16-18H2,1-2H3. The van der Waals surface area contributed by atoms with Gasteiger partial charge in [0.1, 0.15) is 0 Å². The van der Waals surface area contributed by atoms with Gasteiger partial charge in [-0.25, -0.2) is 0 Å². The van der Waals surface area contributed by atoms with Gasteiger partial charge >= 0.3 is 0 Å². The van der Waals surface area contributed by atoms with Crippen LogP contribution in [0, 0.1) is 5.92 Å². The van der Waals surface area contributed by atoms with Crippen LogP contribution < -0.4 is 0 Å². The first-order valence-electron chi connectivity index (χ1n) is 10.4. The van der Waals surface area contributed by atoms with Crippen LogP contribution in [-0.2, 0) is 11.3 Å². The molecule has 0 aliphatic carbocycles. The molecule has 29 heavy (non-hydrogen) atoms. The van der Waals surface area contributed by atoms with E-state index in [0.29, 0.717) is 19.1 Å². The van der Waals surface area contributed by atoms with Gasteiger partial charge in [0, 0.05) is 43.3 Å². The molecule has 1 amide bonds. The fourth-order valence-corrected chi connectivity index (χ4v) is 3.84. The molecule has 2 aromatic carbocycles. The molecule has 0 N–H and O–H groups in total. The first-order valence-corrected chi connectivity index (χ1v) is 10.8. The zero-order chi connectivity index (χ0) is 20.6. The number of ether oxygens (including phenoxy) is 1. The van der Waals surface area contributed by atoms with Crippen LogP contribution >= 0.6 is 11.6 Å². The normalized spacial score (nSPS) is 17.4. The number of morpholine rings is 1. The number of nitrogens with zero attached hydrogens (tertiary/aromatic N) is 2. The third-order valence-electron chi connectivity index (χ3n) is 5.23. The minimum Gasteiger partial charge on any atom is -0.374 e. The predicted octanol–water partition coefficient (Wildman–Crippen LogP) is 4.73. The van der Waals surface area contributed by atoms with Crippen LogP contribution in [0.1, 0.15) is 36.2 Å². The summed E-state index contributed by atoms with van der Waals surface area (Å²) in [6, 6.07) is 17.5. The highest BCUT2D eigenvalue weighted by Gasteiger charge is 2.25. The van der Waals surface area contributed by atoms with Crippen LogP contribution in [0.15, 0.2) is 54.6 Å². The van der Waals surface area contributed by atoms with Gasteiger partial charge < -0.3 is 9.64 Å². The number of rotatable bonds is 8. The minimum atomic E-state index is 0.0164. The smallest absolute Gasteiger partial charge is 0.253 e.